The van der Waals surface area contributed by atoms with E-state index < -0.39 is 10.0 Å². The van der Waals surface area contributed by atoms with Gasteiger partial charge in [-0.25, -0.2) is 8.42 Å². The lowest BCUT2D eigenvalue weighted by molar-refractivity contribution is 0.187. The van der Waals surface area contributed by atoms with Crippen molar-refractivity contribution in [2.75, 3.05) is 20.3 Å². The van der Waals surface area contributed by atoms with Crippen molar-refractivity contribution in [1.29, 1.82) is 0 Å². The molecule has 0 aromatic heterocycles. The second-order valence-electron chi connectivity index (χ2n) is 3.79. The third-order valence-corrected chi connectivity index (χ3v) is 4.64. The molecule has 16 heavy (non-hydrogen) atoms. The quantitative estimate of drug-likeness (QED) is 0.745. The van der Waals surface area contributed by atoms with Crippen LogP contribution < -0.4 is 0 Å². The van der Waals surface area contributed by atoms with Gasteiger partial charge >= 0.3 is 0 Å². The lowest BCUT2D eigenvalue weighted by Gasteiger charge is -2.13. The minimum absolute atomic E-state index is 0.451. The minimum Gasteiger partial charge on any atom is -0.385 e. The molecule has 1 aromatic rings. The molecule has 1 heterocycles. The molecule has 1 aromatic carbocycles. The molecule has 2 rings (SSSR count). The van der Waals surface area contributed by atoms with Crippen molar-refractivity contribution in [1.82, 2.24) is 4.31 Å². The fourth-order valence-electron chi connectivity index (χ4n) is 1.88. The van der Waals surface area contributed by atoms with Crippen LogP contribution in [0.15, 0.2) is 29.2 Å². The highest BCUT2D eigenvalue weighted by Gasteiger charge is 2.33. The normalized spacial score (nSPS) is 18.6. The summed E-state index contributed by atoms with van der Waals surface area (Å²) in [7, 11) is -1.63. The van der Waals surface area contributed by atoms with E-state index in [1.54, 1.807) is 19.2 Å². The Bertz CT molecular complexity index is 470. The van der Waals surface area contributed by atoms with Crippen molar-refractivity contribution in [3.63, 3.8) is 0 Å². The van der Waals surface area contributed by atoms with Gasteiger partial charge in [-0.3, -0.25) is 0 Å². The fraction of sp³-hybridized carbons (Fsp3) is 0.455. The molecule has 4 nitrogen and oxygen atoms in total. The third-order valence-electron chi connectivity index (χ3n) is 2.69. The van der Waals surface area contributed by atoms with Crippen LogP contribution in [0.4, 0.5) is 0 Å². The molecule has 0 saturated carbocycles. The number of rotatable bonds is 4. The maximum Gasteiger partial charge on any atom is 0.243 e. The molecule has 1 aliphatic heterocycles. The van der Waals surface area contributed by atoms with Crippen molar-refractivity contribution in [2.45, 2.75) is 17.9 Å². The lowest BCUT2D eigenvalue weighted by Crippen LogP contribution is -2.26. The smallest absolute Gasteiger partial charge is 0.243 e. The molecule has 0 aliphatic carbocycles. The Morgan fingerprint density at radius 3 is 2.81 bits per heavy atom. The predicted molar refractivity (Wildman–Crippen MR) is 60.5 cm³/mol. The number of methoxy groups -OCH3 is 1. The number of ether oxygens (including phenoxy) is 1. The zero-order valence-electron chi connectivity index (χ0n) is 9.22. The van der Waals surface area contributed by atoms with Crippen molar-refractivity contribution in [2.24, 2.45) is 0 Å². The van der Waals surface area contributed by atoms with Crippen LogP contribution in [-0.4, -0.2) is 33.0 Å². The number of fused-ring (bicyclic) bond motifs is 1. The molecule has 5 heteroatoms. The van der Waals surface area contributed by atoms with E-state index in [4.69, 9.17) is 4.74 Å². The molecular weight excluding hydrogens is 226 g/mol. The summed E-state index contributed by atoms with van der Waals surface area (Å²) in [5.74, 6) is 0. The summed E-state index contributed by atoms with van der Waals surface area (Å²) >= 11 is 0. The molecular formula is C11H15NO3S. The number of benzene rings is 1. The Morgan fingerprint density at radius 1 is 1.38 bits per heavy atom. The van der Waals surface area contributed by atoms with Crippen LogP contribution in [0.3, 0.4) is 0 Å². The molecule has 0 fully saturated rings. The standard InChI is InChI=1S/C11H15NO3S/c1-15-8-4-7-12-9-10-5-2-3-6-11(10)16(12,13)14/h2-3,5-6H,4,7-9H2,1H3. The van der Waals surface area contributed by atoms with Crippen molar-refractivity contribution >= 4 is 10.0 Å². The number of sulfonamides is 1. The molecule has 0 bridgehead atoms. The van der Waals surface area contributed by atoms with E-state index in [1.807, 2.05) is 12.1 Å². The summed E-state index contributed by atoms with van der Waals surface area (Å²) in [6.07, 6.45) is 0.726. The summed E-state index contributed by atoms with van der Waals surface area (Å²) in [5.41, 5.74) is 0.889. The van der Waals surface area contributed by atoms with E-state index >= 15 is 0 Å². The van der Waals surface area contributed by atoms with Crippen LogP contribution in [0.5, 0.6) is 0 Å². The Hall–Kier alpha value is -0.910. The van der Waals surface area contributed by atoms with Crippen molar-refractivity contribution < 1.29 is 13.2 Å². The van der Waals surface area contributed by atoms with Gasteiger partial charge in [0.15, 0.2) is 0 Å². The van der Waals surface area contributed by atoms with Crippen LogP contribution in [0, 0.1) is 0 Å². The van der Waals surface area contributed by atoms with E-state index in [-0.39, 0.29) is 0 Å². The zero-order chi connectivity index (χ0) is 11.6. The van der Waals surface area contributed by atoms with E-state index in [2.05, 4.69) is 0 Å². The largest absolute Gasteiger partial charge is 0.385 e. The van der Waals surface area contributed by atoms with Gasteiger partial charge in [-0.05, 0) is 18.1 Å². The highest BCUT2D eigenvalue weighted by atomic mass is 32.2. The summed E-state index contributed by atoms with van der Waals surface area (Å²) in [5, 5.41) is 0. The molecule has 88 valence electrons. The van der Waals surface area contributed by atoms with Gasteiger partial charge in [0.2, 0.25) is 10.0 Å². The first-order valence-electron chi connectivity index (χ1n) is 5.23. The first-order chi connectivity index (χ1) is 7.66. The van der Waals surface area contributed by atoms with Crippen LogP contribution >= 0.6 is 0 Å². The SMILES string of the molecule is COCCCN1Cc2ccccc2S1(=O)=O. The summed E-state index contributed by atoms with van der Waals surface area (Å²) < 4.78 is 30.6. The molecule has 1 aliphatic rings. The van der Waals surface area contributed by atoms with Crippen LogP contribution in [0.25, 0.3) is 0 Å². The zero-order valence-corrected chi connectivity index (χ0v) is 10.0. The maximum atomic E-state index is 12.1. The van der Waals surface area contributed by atoms with E-state index in [0.717, 1.165) is 12.0 Å². The number of hydrogen-bond donors (Lipinski definition) is 0. The Morgan fingerprint density at radius 2 is 2.12 bits per heavy atom. The molecule has 0 unspecified atom stereocenters. The van der Waals surface area contributed by atoms with E-state index in [0.29, 0.717) is 24.6 Å². The highest BCUT2D eigenvalue weighted by Crippen LogP contribution is 2.29. The lowest BCUT2D eigenvalue weighted by atomic mass is 10.2. The van der Waals surface area contributed by atoms with Gasteiger partial charge in [0.1, 0.15) is 0 Å². The van der Waals surface area contributed by atoms with Gasteiger partial charge < -0.3 is 4.74 Å². The Balaban J connectivity index is 2.17. The van der Waals surface area contributed by atoms with Crippen LogP contribution in [0.1, 0.15) is 12.0 Å². The van der Waals surface area contributed by atoms with Gasteiger partial charge in [-0.2, -0.15) is 4.31 Å². The predicted octanol–water partition coefficient (Wildman–Crippen LogP) is 1.23. The molecule has 0 N–H and O–H groups in total. The van der Waals surface area contributed by atoms with Crippen molar-refractivity contribution in [3.8, 4) is 0 Å². The van der Waals surface area contributed by atoms with Crippen molar-refractivity contribution in [3.05, 3.63) is 29.8 Å². The molecule has 0 spiro atoms. The number of hydrogen-bond acceptors (Lipinski definition) is 3. The van der Waals surface area contributed by atoms with Crippen LogP contribution in [0.2, 0.25) is 0 Å². The second kappa shape index (κ2) is 4.53. The molecule has 0 saturated heterocycles. The average Bonchev–Trinajstić information content (AvgIpc) is 2.52. The summed E-state index contributed by atoms with van der Waals surface area (Å²) in [6, 6.07) is 7.16. The average molecular weight is 241 g/mol. The van der Waals surface area contributed by atoms with Crippen LogP contribution in [-0.2, 0) is 21.3 Å². The molecule has 0 atom stereocenters. The maximum absolute atomic E-state index is 12.1. The Kier molecular flexibility index (Phi) is 3.28. The first-order valence-corrected chi connectivity index (χ1v) is 6.67. The van der Waals surface area contributed by atoms with Gasteiger partial charge in [0, 0.05) is 26.8 Å². The van der Waals surface area contributed by atoms with E-state index in [9.17, 15) is 8.42 Å². The highest BCUT2D eigenvalue weighted by molar-refractivity contribution is 7.89. The number of nitrogens with zero attached hydrogens (tertiary/aromatic N) is 1. The molecule has 0 radical (unpaired) electrons. The summed E-state index contributed by atoms with van der Waals surface area (Å²) in [6.45, 7) is 1.59. The monoisotopic (exact) mass is 241 g/mol. The summed E-state index contributed by atoms with van der Waals surface area (Å²) in [4.78, 5) is 0.451. The first kappa shape index (κ1) is 11.6. The third kappa shape index (κ3) is 1.98. The minimum atomic E-state index is -3.25. The van der Waals surface area contributed by atoms with Gasteiger partial charge in [0.05, 0.1) is 4.90 Å². The fourth-order valence-corrected chi connectivity index (χ4v) is 3.56. The molecule has 0 amide bonds. The second-order valence-corrected chi connectivity index (χ2v) is 5.70. The van der Waals surface area contributed by atoms with E-state index in [1.165, 1.54) is 4.31 Å². The van der Waals surface area contributed by atoms with Gasteiger partial charge in [0.25, 0.3) is 0 Å². The topological polar surface area (TPSA) is 46.6 Å². The Labute approximate surface area is 95.9 Å². The van der Waals surface area contributed by atoms with Gasteiger partial charge in [-0.1, -0.05) is 18.2 Å². The van der Waals surface area contributed by atoms with Gasteiger partial charge in [-0.15, -0.1) is 0 Å².